The lowest BCUT2D eigenvalue weighted by molar-refractivity contribution is 0.0500. The number of carbonyl (C=O) groups excluding carboxylic acids is 1. The third-order valence-corrected chi connectivity index (χ3v) is 4.31. The van der Waals surface area contributed by atoms with Gasteiger partial charge in [0.2, 0.25) is 5.88 Å². The van der Waals surface area contributed by atoms with Crippen LogP contribution in [0.15, 0.2) is 48.7 Å². The molecule has 5 heteroatoms. The van der Waals surface area contributed by atoms with Gasteiger partial charge in [-0.1, -0.05) is 18.2 Å². The van der Waals surface area contributed by atoms with Gasteiger partial charge in [-0.3, -0.25) is 4.79 Å². The molecule has 1 aliphatic heterocycles. The molecule has 0 bridgehead atoms. The molecular weight excluding hydrogens is 316 g/mol. The summed E-state index contributed by atoms with van der Waals surface area (Å²) in [5.41, 5.74) is 0.609. The summed E-state index contributed by atoms with van der Waals surface area (Å²) in [6.45, 7) is 4.97. The molecule has 1 aromatic heterocycles. The van der Waals surface area contributed by atoms with E-state index in [1.165, 1.54) is 0 Å². The second-order valence-electron chi connectivity index (χ2n) is 6.22. The first-order valence-electron chi connectivity index (χ1n) is 8.82. The first-order valence-corrected chi connectivity index (χ1v) is 8.82. The largest absolute Gasteiger partial charge is 0.439 e. The molecule has 1 atom stereocenters. The molecule has 5 nitrogen and oxygen atoms in total. The molecule has 2 aromatic rings. The van der Waals surface area contributed by atoms with Gasteiger partial charge in [0.15, 0.2) is 0 Å². The molecule has 1 fully saturated rings. The number of piperidine rings is 1. The van der Waals surface area contributed by atoms with Gasteiger partial charge in [0.25, 0.3) is 5.91 Å². The number of carbonyl (C=O) groups is 1. The summed E-state index contributed by atoms with van der Waals surface area (Å²) < 4.78 is 11.3. The number of hydrogen-bond acceptors (Lipinski definition) is 4. The van der Waals surface area contributed by atoms with E-state index >= 15 is 0 Å². The van der Waals surface area contributed by atoms with Gasteiger partial charge in [0, 0.05) is 37.5 Å². The van der Waals surface area contributed by atoms with E-state index in [4.69, 9.17) is 9.47 Å². The second-order valence-corrected chi connectivity index (χ2v) is 6.22. The van der Waals surface area contributed by atoms with Crippen molar-refractivity contribution in [3.05, 3.63) is 54.2 Å². The lowest BCUT2D eigenvalue weighted by Crippen LogP contribution is -2.41. The number of amides is 1. The first kappa shape index (κ1) is 17.4. The number of likely N-dealkylation sites (tertiary alicyclic amines) is 1. The van der Waals surface area contributed by atoms with Gasteiger partial charge in [-0.05, 0) is 43.9 Å². The predicted octanol–water partition coefficient (Wildman–Crippen LogP) is 3.76. The minimum absolute atomic E-state index is 0.0292. The highest BCUT2D eigenvalue weighted by molar-refractivity contribution is 5.94. The highest BCUT2D eigenvalue weighted by Crippen LogP contribution is 2.22. The van der Waals surface area contributed by atoms with Crippen LogP contribution in [0.4, 0.5) is 0 Å². The SMILES string of the molecule is CCOC[C@H]1CCCN(C(=O)c2ccnc(Oc3ccccc3)c2)C1. The molecule has 0 spiro atoms. The monoisotopic (exact) mass is 340 g/mol. The van der Waals surface area contributed by atoms with E-state index < -0.39 is 0 Å². The lowest BCUT2D eigenvalue weighted by Gasteiger charge is -2.32. The topological polar surface area (TPSA) is 51.7 Å². The molecule has 0 aliphatic carbocycles. The van der Waals surface area contributed by atoms with Gasteiger partial charge in [-0.2, -0.15) is 0 Å². The van der Waals surface area contributed by atoms with E-state index in [1.807, 2.05) is 42.2 Å². The number of rotatable bonds is 6. The van der Waals surface area contributed by atoms with Gasteiger partial charge in [-0.25, -0.2) is 4.98 Å². The van der Waals surface area contributed by atoms with Crippen molar-refractivity contribution in [3.8, 4) is 11.6 Å². The summed E-state index contributed by atoms with van der Waals surface area (Å²) in [5, 5.41) is 0. The van der Waals surface area contributed by atoms with Crippen molar-refractivity contribution in [1.29, 1.82) is 0 Å². The van der Waals surface area contributed by atoms with E-state index in [2.05, 4.69) is 4.98 Å². The highest BCUT2D eigenvalue weighted by atomic mass is 16.5. The molecule has 2 heterocycles. The Morgan fingerprint density at radius 3 is 2.92 bits per heavy atom. The molecular formula is C20H24N2O3. The van der Waals surface area contributed by atoms with E-state index in [0.29, 0.717) is 23.1 Å². The van der Waals surface area contributed by atoms with Gasteiger partial charge in [-0.15, -0.1) is 0 Å². The number of pyridine rings is 1. The Bertz CT molecular complexity index is 690. The van der Waals surface area contributed by atoms with Gasteiger partial charge < -0.3 is 14.4 Å². The molecule has 1 saturated heterocycles. The van der Waals surface area contributed by atoms with Crippen molar-refractivity contribution in [1.82, 2.24) is 9.88 Å². The van der Waals surface area contributed by atoms with Crippen LogP contribution in [-0.4, -0.2) is 42.1 Å². The molecule has 1 aliphatic rings. The van der Waals surface area contributed by atoms with Crippen molar-refractivity contribution in [2.24, 2.45) is 5.92 Å². The average molecular weight is 340 g/mol. The number of hydrogen-bond donors (Lipinski definition) is 0. The van der Waals surface area contributed by atoms with Gasteiger partial charge in [0.05, 0.1) is 6.61 Å². The summed E-state index contributed by atoms with van der Waals surface area (Å²) in [4.78, 5) is 18.9. The quantitative estimate of drug-likeness (QED) is 0.803. The second kappa shape index (κ2) is 8.62. The Morgan fingerprint density at radius 2 is 2.12 bits per heavy atom. The van der Waals surface area contributed by atoms with Crippen molar-refractivity contribution in [2.45, 2.75) is 19.8 Å². The Balaban J connectivity index is 1.66. The van der Waals surface area contributed by atoms with Crippen molar-refractivity contribution >= 4 is 5.91 Å². The Kier molecular flexibility index (Phi) is 6.01. The summed E-state index contributed by atoms with van der Waals surface area (Å²) in [5.74, 6) is 1.58. The fourth-order valence-electron chi connectivity index (χ4n) is 3.06. The molecule has 1 amide bonds. The molecule has 25 heavy (non-hydrogen) atoms. The van der Waals surface area contributed by atoms with Crippen LogP contribution in [0.25, 0.3) is 0 Å². The van der Waals surface area contributed by atoms with Gasteiger partial charge in [0.1, 0.15) is 5.75 Å². The van der Waals surface area contributed by atoms with Crippen LogP contribution in [0.5, 0.6) is 11.6 Å². The third-order valence-electron chi connectivity index (χ3n) is 4.31. The van der Waals surface area contributed by atoms with Crippen LogP contribution in [0, 0.1) is 5.92 Å². The molecule has 3 rings (SSSR count). The number of ether oxygens (including phenoxy) is 2. The fourth-order valence-corrected chi connectivity index (χ4v) is 3.06. The predicted molar refractivity (Wildman–Crippen MR) is 95.9 cm³/mol. The maximum Gasteiger partial charge on any atom is 0.254 e. The van der Waals surface area contributed by atoms with E-state index in [9.17, 15) is 4.79 Å². The standard InChI is InChI=1S/C20H24N2O3/c1-2-24-15-16-7-6-12-22(14-16)20(23)17-10-11-21-19(13-17)25-18-8-4-3-5-9-18/h3-5,8-11,13,16H,2,6-7,12,14-15H2,1H3/t16-/m0/s1. The van der Waals surface area contributed by atoms with Crippen LogP contribution in [-0.2, 0) is 4.74 Å². The minimum atomic E-state index is 0.0292. The van der Waals surface area contributed by atoms with Crippen molar-refractivity contribution in [2.75, 3.05) is 26.3 Å². The van der Waals surface area contributed by atoms with Crippen molar-refractivity contribution in [3.63, 3.8) is 0 Å². The first-order chi connectivity index (χ1) is 12.3. The number of benzene rings is 1. The normalized spacial score (nSPS) is 17.3. The lowest BCUT2D eigenvalue weighted by atomic mass is 9.98. The van der Waals surface area contributed by atoms with Crippen LogP contribution in [0.1, 0.15) is 30.1 Å². The Morgan fingerprint density at radius 1 is 1.28 bits per heavy atom. The maximum atomic E-state index is 12.8. The van der Waals surface area contributed by atoms with Crippen LogP contribution in [0.2, 0.25) is 0 Å². The molecule has 0 N–H and O–H groups in total. The van der Waals surface area contributed by atoms with Crippen LogP contribution >= 0.6 is 0 Å². The number of para-hydroxylation sites is 1. The zero-order valence-corrected chi connectivity index (χ0v) is 14.6. The van der Waals surface area contributed by atoms with Crippen LogP contribution < -0.4 is 4.74 Å². The number of nitrogens with zero attached hydrogens (tertiary/aromatic N) is 2. The summed E-state index contributed by atoms with van der Waals surface area (Å²) in [6.07, 6.45) is 3.75. The maximum absolute atomic E-state index is 12.8. The third kappa shape index (κ3) is 4.79. The minimum Gasteiger partial charge on any atom is -0.439 e. The zero-order chi connectivity index (χ0) is 17.5. The molecule has 1 aromatic carbocycles. The smallest absolute Gasteiger partial charge is 0.254 e. The Hall–Kier alpha value is -2.40. The zero-order valence-electron chi connectivity index (χ0n) is 14.6. The highest BCUT2D eigenvalue weighted by Gasteiger charge is 2.24. The average Bonchev–Trinajstić information content (AvgIpc) is 2.67. The molecule has 0 unspecified atom stereocenters. The molecule has 0 saturated carbocycles. The van der Waals surface area contributed by atoms with Crippen LogP contribution in [0.3, 0.4) is 0 Å². The number of aromatic nitrogens is 1. The fraction of sp³-hybridized carbons (Fsp3) is 0.400. The summed E-state index contributed by atoms with van der Waals surface area (Å²) >= 11 is 0. The van der Waals surface area contributed by atoms with E-state index in [1.54, 1.807) is 18.3 Å². The van der Waals surface area contributed by atoms with E-state index in [-0.39, 0.29) is 5.91 Å². The molecule has 132 valence electrons. The summed E-state index contributed by atoms with van der Waals surface area (Å²) in [6, 6.07) is 12.9. The van der Waals surface area contributed by atoms with Crippen molar-refractivity contribution < 1.29 is 14.3 Å². The molecule has 0 radical (unpaired) electrons. The van der Waals surface area contributed by atoms with E-state index in [0.717, 1.165) is 39.1 Å². The van der Waals surface area contributed by atoms with Gasteiger partial charge >= 0.3 is 0 Å². The Labute approximate surface area is 148 Å². The summed E-state index contributed by atoms with van der Waals surface area (Å²) in [7, 11) is 0.